The molecular weight excluding hydrogens is 238 g/mol. The van der Waals surface area contributed by atoms with E-state index in [0.717, 1.165) is 25.7 Å². The Balaban J connectivity index is 2.19. The third-order valence-corrected chi connectivity index (χ3v) is 4.60. The standard InChI is InChI=1S/C16H23NO2/c1-3-11(2)13-6-4-5-7-14(13)16(19)12-8-9-15(18)17-10-12/h8-11,13-14H,3-7H2,1-2H3,(H,17,18). The van der Waals surface area contributed by atoms with Gasteiger partial charge in [-0.2, -0.15) is 0 Å². The zero-order valence-electron chi connectivity index (χ0n) is 11.8. The van der Waals surface area contributed by atoms with Crippen LogP contribution in [0.5, 0.6) is 0 Å². The van der Waals surface area contributed by atoms with Crippen LogP contribution < -0.4 is 5.56 Å². The second-order valence-corrected chi connectivity index (χ2v) is 5.75. The van der Waals surface area contributed by atoms with E-state index in [1.165, 1.54) is 12.5 Å². The Bertz CT molecular complexity index is 471. The van der Waals surface area contributed by atoms with Crippen molar-refractivity contribution in [1.82, 2.24) is 4.98 Å². The lowest BCUT2D eigenvalue weighted by molar-refractivity contribution is 0.0762. The number of Topliss-reactive ketones (excluding diaryl/α,β-unsaturated/α-hetero) is 1. The molecule has 3 unspecified atom stereocenters. The van der Waals surface area contributed by atoms with Crippen molar-refractivity contribution in [3.63, 3.8) is 0 Å². The number of hydrogen-bond acceptors (Lipinski definition) is 2. The van der Waals surface area contributed by atoms with E-state index in [1.54, 1.807) is 12.3 Å². The van der Waals surface area contributed by atoms with Crippen molar-refractivity contribution in [3.05, 3.63) is 34.2 Å². The highest BCUT2D eigenvalue weighted by Gasteiger charge is 2.33. The summed E-state index contributed by atoms with van der Waals surface area (Å²) in [5.74, 6) is 1.44. The van der Waals surface area contributed by atoms with Crippen LogP contribution in [-0.2, 0) is 0 Å². The number of ketones is 1. The van der Waals surface area contributed by atoms with Gasteiger partial charge >= 0.3 is 0 Å². The van der Waals surface area contributed by atoms with E-state index in [4.69, 9.17) is 0 Å². The second-order valence-electron chi connectivity index (χ2n) is 5.75. The number of rotatable bonds is 4. The fourth-order valence-corrected chi connectivity index (χ4v) is 3.25. The Kier molecular flexibility index (Phi) is 4.56. The normalized spacial score (nSPS) is 24.9. The van der Waals surface area contributed by atoms with Crippen LogP contribution in [0.25, 0.3) is 0 Å². The van der Waals surface area contributed by atoms with Crippen LogP contribution in [0.15, 0.2) is 23.1 Å². The summed E-state index contributed by atoms with van der Waals surface area (Å²) in [5.41, 5.74) is 0.499. The highest BCUT2D eigenvalue weighted by Crippen LogP contribution is 2.38. The number of H-pyrrole nitrogens is 1. The molecule has 1 aliphatic carbocycles. The topological polar surface area (TPSA) is 49.9 Å². The first-order valence-corrected chi connectivity index (χ1v) is 7.36. The first kappa shape index (κ1) is 14.0. The molecule has 0 radical (unpaired) electrons. The molecule has 0 amide bonds. The molecule has 0 aliphatic heterocycles. The summed E-state index contributed by atoms with van der Waals surface area (Å²) >= 11 is 0. The van der Waals surface area contributed by atoms with Crippen LogP contribution in [0.1, 0.15) is 56.3 Å². The maximum Gasteiger partial charge on any atom is 0.247 e. The molecule has 1 saturated carbocycles. The molecule has 2 rings (SSSR count). The Labute approximate surface area is 114 Å². The molecule has 1 aliphatic rings. The monoisotopic (exact) mass is 261 g/mol. The molecule has 1 aromatic heterocycles. The average Bonchev–Trinajstić information content (AvgIpc) is 2.46. The molecule has 0 saturated heterocycles. The predicted octanol–water partition coefficient (Wildman–Crippen LogP) is 3.41. The molecule has 3 heteroatoms. The summed E-state index contributed by atoms with van der Waals surface area (Å²) in [5, 5.41) is 0. The Morgan fingerprint density at radius 3 is 2.74 bits per heavy atom. The molecule has 19 heavy (non-hydrogen) atoms. The van der Waals surface area contributed by atoms with Crippen molar-refractivity contribution in [3.8, 4) is 0 Å². The molecule has 0 aromatic carbocycles. The molecular formula is C16H23NO2. The minimum atomic E-state index is -0.154. The molecule has 1 aromatic rings. The third-order valence-electron chi connectivity index (χ3n) is 4.60. The maximum atomic E-state index is 12.6. The van der Waals surface area contributed by atoms with Crippen molar-refractivity contribution in [2.45, 2.75) is 46.0 Å². The van der Waals surface area contributed by atoms with Gasteiger partial charge in [0.05, 0.1) is 0 Å². The first-order chi connectivity index (χ1) is 9.13. The van der Waals surface area contributed by atoms with Crippen LogP contribution in [-0.4, -0.2) is 10.8 Å². The van der Waals surface area contributed by atoms with Crippen LogP contribution >= 0.6 is 0 Å². The number of aromatic nitrogens is 1. The van der Waals surface area contributed by atoms with Crippen LogP contribution in [0.3, 0.4) is 0 Å². The lowest BCUT2D eigenvalue weighted by atomic mass is 9.69. The van der Waals surface area contributed by atoms with Gasteiger partial charge in [0.2, 0.25) is 5.56 Å². The molecule has 0 spiro atoms. The Morgan fingerprint density at radius 1 is 1.37 bits per heavy atom. The number of hydrogen-bond donors (Lipinski definition) is 1. The van der Waals surface area contributed by atoms with Gasteiger partial charge in [-0.15, -0.1) is 0 Å². The molecule has 1 N–H and O–H groups in total. The summed E-state index contributed by atoms with van der Waals surface area (Å²) in [6, 6.07) is 3.10. The smallest absolute Gasteiger partial charge is 0.247 e. The van der Waals surface area contributed by atoms with Gasteiger partial charge in [0.1, 0.15) is 0 Å². The second kappa shape index (κ2) is 6.18. The van der Waals surface area contributed by atoms with Gasteiger partial charge in [-0.25, -0.2) is 0 Å². The highest BCUT2D eigenvalue weighted by molar-refractivity contribution is 5.97. The molecule has 3 atom stereocenters. The number of pyridine rings is 1. The van der Waals surface area contributed by atoms with Crippen LogP contribution in [0, 0.1) is 17.8 Å². The number of carbonyl (C=O) groups excluding carboxylic acids is 1. The SMILES string of the molecule is CCC(C)C1CCCCC1C(=O)c1ccc(=O)[nH]c1. The van der Waals surface area contributed by atoms with E-state index in [0.29, 0.717) is 17.4 Å². The van der Waals surface area contributed by atoms with E-state index >= 15 is 0 Å². The maximum absolute atomic E-state index is 12.6. The molecule has 1 fully saturated rings. The Hall–Kier alpha value is -1.38. The lowest BCUT2D eigenvalue weighted by Crippen LogP contribution is -2.31. The minimum absolute atomic E-state index is 0.134. The number of aromatic amines is 1. The van der Waals surface area contributed by atoms with Crippen molar-refractivity contribution in [2.75, 3.05) is 0 Å². The van der Waals surface area contributed by atoms with Crippen molar-refractivity contribution in [2.24, 2.45) is 17.8 Å². The summed E-state index contributed by atoms with van der Waals surface area (Å²) in [6.07, 6.45) is 7.23. The van der Waals surface area contributed by atoms with Crippen LogP contribution in [0.4, 0.5) is 0 Å². The van der Waals surface area contributed by atoms with Crippen molar-refractivity contribution < 1.29 is 4.79 Å². The van der Waals surface area contributed by atoms with E-state index in [-0.39, 0.29) is 17.3 Å². The first-order valence-electron chi connectivity index (χ1n) is 7.36. The minimum Gasteiger partial charge on any atom is -0.328 e. The van der Waals surface area contributed by atoms with Crippen LogP contribution in [0.2, 0.25) is 0 Å². The number of carbonyl (C=O) groups is 1. The van der Waals surface area contributed by atoms with E-state index < -0.39 is 0 Å². The summed E-state index contributed by atoms with van der Waals surface area (Å²) < 4.78 is 0. The lowest BCUT2D eigenvalue weighted by Gasteiger charge is -2.34. The van der Waals surface area contributed by atoms with Gasteiger partial charge < -0.3 is 4.98 Å². The van der Waals surface area contributed by atoms with Gasteiger partial charge in [-0.1, -0.05) is 33.1 Å². The number of nitrogens with one attached hydrogen (secondary N) is 1. The summed E-state index contributed by atoms with van der Waals surface area (Å²) in [7, 11) is 0. The van der Waals surface area contributed by atoms with E-state index in [1.807, 2.05) is 0 Å². The van der Waals surface area contributed by atoms with Gasteiger partial charge in [0.25, 0.3) is 0 Å². The molecule has 104 valence electrons. The summed E-state index contributed by atoms with van der Waals surface area (Å²) in [4.78, 5) is 26.3. The van der Waals surface area contributed by atoms with Gasteiger partial charge in [0, 0.05) is 23.7 Å². The zero-order chi connectivity index (χ0) is 13.8. The predicted molar refractivity (Wildman–Crippen MR) is 76.3 cm³/mol. The van der Waals surface area contributed by atoms with Crippen molar-refractivity contribution >= 4 is 5.78 Å². The summed E-state index contributed by atoms with van der Waals surface area (Å²) in [6.45, 7) is 4.45. The van der Waals surface area contributed by atoms with E-state index in [9.17, 15) is 9.59 Å². The fourth-order valence-electron chi connectivity index (χ4n) is 3.25. The van der Waals surface area contributed by atoms with Gasteiger partial charge in [-0.05, 0) is 30.7 Å². The third kappa shape index (κ3) is 3.14. The Morgan fingerprint density at radius 2 is 2.11 bits per heavy atom. The fraction of sp³-hybridized carbons (Fsp3) is 0.625. The van der Waals surface area contributed by atoms with E-state index in [2.05, 4.69) is 18.8 Å². The zero-order valence-corrected chi connectivity index (χ0v) is 11.8. The molecule has 0 bridgehead atoms. The average molecular weight is 261 g/mol. The highest BCUT2D eigenvalue weighted by atomic mass is 16.1. The van der Waals surface area contributed by atoms with Crippen molar-refractivity contribution in [1.29, 1.82) is 0 Å². The van der Waals surface area contributed by atoms with Gasteiger partial charge in [-0.3, -0.25) is 9.59 Å². The molecule has 1 heterocycles. The van der Waals surface area contributed by atoms with Gasteiger partial charge in [0.15, 0.2) is 5.78 Å². The molecule has 3 nitrogen and oxygen atoms in total. The largest absolute Gasteiger partial charge is 0.328 e. The quantitative estimate of drug-likeness (QED) is 0.844.